The molecule has 0 saturated carbocycles. The van der Waals surface area contributed by atoms with E-state index in [1.165, 1.54) is 32.4 Å². The molecule has 0 aliphatic carbocycles. The molecule has 2 unspecified atom stereocenters. The van der Waals surface area contributed by atoms with Crippen molar-refractivity contribution in [1.82, 2.24) is 5.32 Å². The van der Waals surface area contributed by atoms with Gasteiger partial charge in [0.2, 0.25) is 0 Å². The highest BCUT2D eigenvalue weighted by Gasteiger charge is 2.16. The Hall–Kier alpha value is -0.730. The zero-order chi connectivity index (χ0) is 12.8. The van der Waals surface area contributed by atoms with Gasteiger partial charge in [-0.1, -0.05) is 18.5 Å². The quantitative estimate of drug-likeness (QED) is 0.877. The molecule has 18 heavy (non-hydrogen) atoms. The first-order valence-corrected chi connectivity index (χ1v) is 7.21. The number of benzene rings is 1. The Bertz CT molecular complexity index is 346. The number of rotatable bonds is 5. The lowest BCUT2D eigenvalue weighted by molar-refractivity contribution is 0.218. The molecule has 0 amide bonds. The van der Waals surface area contributed by atoms with Crippen molar-refractivity contribution in [3.8, 4) is 5.75 Å². The average molecular weight is 268 g/mol. The zero-order valence-electron chi connectivity index (χ0n) is 11.0. The molecule has 2 atom stereocenters. The highest BCUT2D eigenvalue weighted by molar-refractivity contribution is 6.30. The van der Waals surface area contributed by atoms with Gasteiger partial charge in [-0.05, 0) is 68.5 Å². The number of nitrogens with one attached hydrogen (secondary N) is 1. The molecule has 3 heteroatoms. The number of ether oxygens (including phenoxy) is 1. The molecule has 1 aromatic carbocycles. The van der Waals surface area contributed by atoms with Gasteiger partial charge in [-0.25, -0.2) is 0 Å². The van der Waals surface area contributed by atoms with E-state index in [4.69, 9.17) is 16.3 Å². The standard InChI is InChI=1S/C15H22ClNO/c1-12(9-13-3-2-8-17-10-13)11-18-15-6-4-14(16)5-7-15/h4-7,12-13,17H,2-3,8-11H2,1H3. The van der Waals surface area contributed by atoms with Crippen molar-refractivity contribution in [2.75, 3.05) is 19.7 Å². The van der Waals surface area contributed by atoms with E-state index in [1.807, 2.05) is 24.3 Å². The molecule has 0 bridgehead atoms. The van der Waals surface area contributed by atoms with Gasteiger partial charge in [0.25, 0.3) is 0 Å². The molecule has 2 rings (SSSR count). The van der Waals surface area contributed by atoms with E-state index in [2.05, 4.69) is 12.2 Å². The van der Waals surface area contributed by atoms with E-state index in [1.54, 1.807) is 0 Å². The molecule has 1 aliphatic rings. The van der Waals surface area contributed by atoms with Crippen molar-refractivity contribution in [2.24, 2.45) is 11.8 Å². The largest absolute Gasteiger partial charge is 0.493 e. The lowest BCUT2D eigenvalue weighted by Gasteiger charge is -2.25. The maximum absolute atomic E-state index is 5.84. The molecule has 0 spiro atoms. The molecular weight excluding hydrogens is 246 g/mol. The van der Waals surface area contributed by atoms with Crippen molar-refractivity contribution < 1.29 is 4.74 Å². The van der Waals surface area contributed by atoms with Crippen LogP contribution in [0.15, 0.2) is 24.3 Å². The van der Waals surface area contributed by atoms with Gasteiger partial charge >= 0.3 is 0 Å². The summed E-state index contributed by atoms with van der Waals surface area (Å²) in [6, 6.07) is 7.59. The molecule has 2 nitrogen and oxygen atoms in total. The first kappa shape index (κ1) is 13.7. The van der Waals surface area contributed by atoms with Crippen LogP contribution in [0.4, 0.5) is 0 Å². The third kappa shape index (κ3) is 4.51. The van der Waals surface area contributed by atoms with Crippen LogP contribution in [0.1, 0.15) is 26.2 Å². The molecular formula is C15H22ClNO. The number of hydrogen-bond acceptors (Lipinski definition) is 2. The van der Waals surface area contributed by atoms with Gasteiger partial charge in [-0.3, -0.25) is 0 Å². The maximum Gasteiger partial charge on any atom is 0.119 e. The highest BCUT2D eigenvalue weighted by atomic mass is 35.5. The molecule has 1 saturated heterocycles. The van der Waals surface area contributed by atoms with Crippen molar-refractivity contribution in [2.45, 2.75) is 26.2 Å². The summed E-state index contributed by atoms with van der Waals surface area (Å²) in [6.45, 7) is 5.42. The lowest BCUT2D eigenvalue weighted by atomic mass is 9.90. The van der Waals surface area contributed by atoms with Crippen LogP contribution in [0.3, 0.4) is 0 Å². The van der Waals surface area contributed by atoms with Crippen LogP contribution in [0.25, 0.3) is 0 Å². The van der Waals surface area contributed by atoms with Gasteiger partial charge in [0.1, 0.15) is 5.75 Å². The van der Waals surface area contributed by atoms with Crippen LogP contribution >= 0.6 is 11.6 Å². The summed E-state index contributed by atoms with van der Waals surface area (Å²) in [4.78, 5) is 0. The third-order valence-electron chi connectivity index (χ3n) is 3.48. The zero-order valence-corrected chi connectivity index (χ0v) is 11.7. The SMILES string of the molecule is CC(COc1ccc(Cl)cc1)CC1CCCNC1. The normalized spacial score (nSPS) is 21.6. The van der Waals surface area contributed by atoms with Gasteiger partial charge in [0.15, 0.2) is 0 Å². The van der Waals surface area contributed by atoms with Crippen molar-refractivity contribution in [1.29, 1.82) is 0 Å². The minimum atomic E-state index is 0.602. The fraction of sp³-hybridized carbons (Fsp3) is 0.600. The summed E-state index contributed by atoms with van der Waals surface area (Å²) in [5.74, 6) is 2.33. The van der Waals surface area contributed by atoms with Crippen LogP contribution in [0.2, 0.25) is 5.02 Å². The number of hydrogen-bond donors (Lipinski definition) is 1. The second-order valence-corrected chi connectivity index (χ2v) is 5.75. The smallest absolute Gasteiger partial charge is 0.119 e. The van der Waals surface area contributed by atoms with Crippen LogP contribution in [0, 0.1) is 11.8 Å². The summed E-state index contributed by atoms with van der Waals surface area (Å²) in [7, 11) is 0. The Morgan fingerprint density at radius 1 is 1.39 bits per heavy atom. The number of halogens is 1. The first-order chi connectivity index (χ1) is 8.74. The molecule has 1 heterocycles. The summed E-state index contributed by atoms with van der Waals surface area (Å²) >= 11 is 5.84. The van der Waals surface area contributed by atoms with Gasteiger partial charge in [-0.15, -0.1) is 0 Å². The Balaban J connectivity index is 1.70. The van der Waals surface area contributed by atoms with E-state index < -0.39 is 0 Å². The Kier molecular flexibility index (Phi) is 5.33. The van der Waals surface area contributed by atoms with E-state index in [0.29, 0.717) is 5.92 Å². The summed E-state index contributed by atoms with van der Waals surface area (Å²) in [5.41, 5.74) is 0. The van der Waals surface area contributed by atoms with Gasteiger partial charge < -0.3 is 10.1 Å². The van der Waals surface area contributed by atoms with Gasteiger partial charge in [0.05, 0.1) is 6.61 Å². The van der Waals surface area contributed by atoms with E-state index >= 15 is 0 Å². The molecule has 1 N–H and O–H groups in total. The lowest BCUT2D eigenvalue weighted by Crippen LogP contribution is -2.31. The van der Waals surface area contributed by atoms with Crippen molar-refractivity contribution in [3.63, 3.8) is 0 Å². The predicted molar refractivity (Wildman–Crippen MR) is 76.3 cm³/mol. The fourth-order valence-corrected chi connectivity index (χ4v) is 2.66. The maximum atomic E-state index is 5.84. The third-order valence-corrected chi connectivity index (χ3v) is 3.73. The molecule has 0 aromatic heterocycles. The first-order valence-electron chi connectivity index (χ1n) is 6.83. The minimum Gasteiger partial charge on any atom is -0.493 e. The van der Waals surface area contributed by atoms with E-state index in [-0.39, 0.29) is 0 Å². The molecule has 1 fully saturated rings. The molecule has 100 valence electrons. The second kappa shape index (κ2) is 7.01. The number of piperidine rings is 1. The summed E-state index contributed by atoms with van der Waals surface area (Å²) < 4.78 is 5.79. The molecule has 1 aromatic rings. The van der Waals surface area contributed by atoms with Crippen molar-refractivity contribution in [3.05, 3.63) is 29.3 Å². The Morgan fingerprint density at radius 3 is 2.83 bits per heavy atom. The van der Waals surface area contributed by atoms with E-state index in [9.17, 15) is 0 Å². The molecule has 1 aliphatic heterocycles. The second-order valence-electron chi connectivity index (χ2n) is 5.32. The summed E-state index contributed by atoms with van der Waals surface area (Å²) in [5, 5.41) is 4.22. The van der Waals surface area contributed by atoms with Crippen molar-refractivity contribution >= 4 is 11.6 Å². The Morgan fingerprint density at radius 2 is 2.17 bits per heavy atom. The summed E-state index contributed by atoms with van der Waals surface area (Å²) in [6.07, 6.45) is 3.92. The van der Waals surface area contributed by atoms with Crippen LogP contribution < -0.4 is 10.1 Å². The predicted octanol–water partition coefficient (Wildman–Crippen LogP) is 3.74. The van der Waals surface area contributed by atoms with Gasteiger partial charge in [-0.2, -0.15) is 0 Å². The topological polar surface area (TPSA) is 21.3 Å². The minimum absolute atomic E-state index is 0.602. The monoisotopic (exact) mass is 267 g/mol. The van der Waals surface area contributed by atoms with Crippen LogP contribution in [0.5, 0.6) is 5.75 Å². The van der Waals surface area contributed by atoms with E-state index in [0.717, 1.165) is 23.3 Å². The fourth-order valence-electron chi connectivity index (χ4n) is 2.53. The van der Waals surface area contributed by atoms with Gasteiger partial charge in [0, 0.05) is 5.02 Å². The van der Waals surface area contributed by atoms with Crippen LogP contribution in [-0.2, 0) is 0 Å². The highest BCUT2D eigenvalue weighted by Crippen LogP contribution is 2.21. The molecule has 0 radical (unpaired) electrons. The average Bonchev–Trinajstić information content (AvgIpc) is 2.39. The van der Waals surface area contributed by atoms with Crippen LogP contribution in [-0.4, -0.2) is 19.7 Å². The Labute approximate surface area is 115 Å².